The van der Waals surface area contributed by atoms with E-state index in [0.29, 0.717) is 17.7 Å². The SMILES string of the molecule is COCC(=O)Nc1ccc([C@H]2C[C@H]3C(=O)O[C@H]4[C@H](OC)O[C@@](C(=O)OC)(O2)[C@H]43)cc1. The molecule has 10 heteroatoms. The number of ether oxygens (including phenoxy) is 6. The molecular weight excluding hydrogens is 398 g/mol. The average Bonchev–Trinajstić information content (AvgIpc) is 3.25. The molecule has 162 valence electrons. The van der Waals surface area contributed by atoms with Crippen molar-refractivity contribution in [1.29, 1.82) is 0 Å². The third-order valence-corrected chi connectivity index (χ3v) is 5.67. The molecule has 3 aliphatic heterocycles. The van der Waals surface area contributed by atoms with Crippen LogP contribution in [-0.2, 0) is 42.8 Å². The van der Waals surface area contributed by atoms with Crippen molar-refractivity contribution in [2.75, 3.05) is 33.3 Å². The summed E-state index contributed by atoms with van der Waals surface area (Å²) in [5.74, 6) is -4.50. The third-order valence-electron chi connectivity index (χ3n) is 5.67. The van der Waals surface area contributed by atoms with Crippen molar-refractivity contribution in [3.05, 3.63) is 29.8 Å². The fourth-order valence-corrected chi connectivity index (χ4v) is 4.40. The Kier molecular flexibility index (Phi) is 5.49. The highest BCUT2D eigenvalue weighted by Gasteiger charge is 2.73. The summed E-state index contributed by atoms with van der Waals surface area (Å²) in [6, 6.07) is 6.90. The highest BCUT2D eigenvalue weighted by atomic mass is 16.8. The molecule has 0 aromatic heterocycles. The minimum absolute atomic E-state index is 0.0561. The second-order valence-electron chi connectivity index (χ2n) is 7.36. The van der Waals surface area contributed by atoms with Crippen LogP contribution >= 0.6 is 0 Å². The molecule has 3 saturated heterocycles. The van der Waals surface area contributed by atoms with Crippen LogP contribution < -0.4 is 5.32 Å². The van der Waals surface area contributed by atoms with E-state index in [0.717, 1.165) is 0 Å². The maximum absolute atomic E-state index is 12.7. The van der Waals surface area contributed by atoms with Crippen molar-refractivity contribution in [3.63, 3.8) is 0 Å². The van der Waals surface area contributed by atoms with Gasteiger partial charge < -0.3 is 33.7 Å². The molecule has 4 rings (SSSR count). The summed E-state index contributed by atoms with van der Waals surface area (Å²) in [6.45, 7) is -0.0561. The summed E-state index contributed by atoms with van der Waals surface area (Å²) in [4.78, 5) is 36.9. The molecule has 0 bridgehead atoms. The number of carbonyl (C=O) groups is 3. The normalized spacial score (nSPS) is 34.2. The van der Waals surface area contributed by atoms with Crippen LogP contribution in [0.3, 0.4) is 0 Å². The molecule has 0 radical (unpaired) electrons. The molecule has 1 amide bonds. The molecule has 3 heterocycles. The minimum atomic E-state index is -1.80. The van der Waals surface area contributed by atoms with Crippen LogP contribution in [0.5, 0.6) is 0 Å². The van der Waals surface area contributed by atoms with E-state index in [1.54, 1.807) is 24.3 Å². The molecule has 6 atom stereocenters. The number of carbonyl (C=O) groups excluding carboxylic acids is 3. The summed E-state index contributed by atoms with van der Waals surface area (Å²) in [5, 5.41) is 2.70. The van der Waals surface area contributed by atoms with Gasteiger partial charge >= 0.3 is 11.9 Å². The number of amides is 1. The van der Waals surface area contributed by atoms with Crippen molar-refractivity contribution in [2.45, 2.75) is 30.7 Å². The van der Waals surface area contributed by atoms with E-state index < -0.39 is 48.1 Å². The Morgan fingerprint density at radius 1 is 1.17 bits per heavy atom. The lowest BCUT2D eigenvalue weighted by molar-refractivity contribution is -0.311. The first-order valence-electron chi connectivity index (χ1n) is 9.49. The summed E-state index contributed by atoms with van der Waals surface area (Å²) in [7, 11) is 4.07. The van der Waals surface area contributed by atoms with Crippen molar-refractivity contribution >= 4 is 23.5 Å². The van der Waals surface area contributed by atoms with Crippen molar-refractivity contribution in [2.24, 2.45) is 11.8 Å². The summed E-state index contributed by atoms with van der Waals surface area (Å²) < 4.78 is 32.4. The Morgan fingerprint density at radius 2 is 1.90 bits per heavy atom. The molecular formula is C20H23NO9. The van der Waals surface area contributed by atoms with Gasteiger partial charge in [0.15, 0.2) is 12.4 Å². The van der Waals surface area contributed by atoms with E-state index in [1.807, 2.05) is 0 Å². The zero-order valence-corrected chi connectivity index (χ0v) is 16.8. The van der Waals surface area contributed by atoms with Gasteiger partial charge in [-0.25, -0.2) is 4.79 Å². The van der Waals surface area contributed by atoms with E-state index in [-0.39, 0.29) is 12.5 Å². The van der Waals surface area contributed by atoms with Gasteiger partial charge in [0.25, 0.3) is 5.79 Å². The number of anilines is 1. The monoisotopic (exact) mass is 421 g/mol. The maximum atomic E-state index is 12.7. The molecule has 3 fully saturated rings. The van der Waals surface area contributed by atoms with Gasteiger partial charge in [-0.1, -0.05) is 12.1 Å². The quantitative estimate of drug-likeness (QED) is 0.664. The molecule has 10 nitrogen and oxygen atoms in total. The topological polar surface area (TPSA) is 119 Å². The van der Waals surface area contributed by atoms with E-state index in [4.69, 9.17) is 28.4 Å². The molecule has 30 heavy (non-hydrogen) atoms. The Bertz CT molecular complexity index is 841. The smallest absolute Gasteiger partial charge is 0.367 e. The standard InChI is InChI=1S/C20H23NO9/c1-25-9-14(22)21-11-6-4-10(5-7-11)13-8-12-15-16(28-17(12)23)18(26-2)30-20(15,29-13)19(24)27-3/h4-7,12-13,15-16,18H,8-9H2,1-3H3,(H,21,22)/t12-,13-,15+,16-,18-,20+/m1/s1. The van der Waals surface area contributed by atoms with Gasteiger partial charge in [0.1, 0.15) is 6.61 Å². The number of rotatable bonds is 6. The van der Waals surface area contributed by atoms with Crippen molar-refractivity contribution in [1.82, 2.24) is 0 Å². The largest absolute Gasteiger partial charge is 0.465 e. The van der Waals surface area contributed by atoms with Gasteiger partial charge in [-0.2, -0.15) is 0 Å². The Labute approximate surface area is 172 Å². The Morgan fingerprint density at radius 3 is 2.53 bits per heavy atom. The first-order chi connectivity index (χ1) is 14.4. The zero-order chi connectivity index (χ0) is 21.5. The predicted molar refractivity (Wildman–Crippen MR) is 98.9 cm³/mol. The maximum Gasteiger partial charge on any atom is 0.367 e. The number of nitrogens with one attached hydrogen (secondary N) is 1. The summed E-state index contributed by atoms with van der Waals surface area (Å²) >= 11 is 0. The lowest BCUT2D eigenvalue weighted by Crippen LogP contribution is -2.54. The Balaban J connectivity index is 1.61. The predicted octanol–water partition coefficient (Wildman–Crippen LogP) is 0.763. The van der Waals surface area contributed by atoms with E-state index >= 15 is 0 Å². The molecule has 1 aromatic rings. The van der Waals surface area contributed by atoms with Gasteiger partial charge in [0.2, 0.25) is 5.91 Å². The minimum Gasteiger partial charge on any atom is -0.465 e. The lowest BCUT2D eigenvalue weighted by atomic mass is 9.77. The van der Waals surface area contributed by atoms with Crippen LogP contribution in [0.1, 0.15) is 18.1 Å². The number of hydrogen-bond acceptors (Lipinski definition) is 9. The van der Waals surface area contributed by atoms with E-state index in [2.05, 4.69) is 5.32 Å². The first kappa shape index (κ1) is 20.7. The van der Waals surface area contributed by atoms with Gasteiger partial charge in [0, 0.05) is 19.9 Å². The van der Waals surface area contributed by atoms with Gasteiger partial charge in [-0.05, 0) is 24.1 Å². The Hall–Kier alpha value is -2.53. The lowest BCUT2D eigenvalue weighted by Gasteiger charge is -2.40. The van der Waals surface area contributed by atoms with Crippen LogP contribution in [-0.4, -0.2) is 64.0 Å². The zero-order valence-electron chi connectivity index (χ0n) is 16.8. The average molecular weight is 421 g/mol. The fraction of sp³-hybridized carbons (Fsp3) is 0.550. The molecule has 1 aromatic carbocycles. The number of methoxy groups -OCH3 is 3. The van der Waals surface area contributed by atoms with Crippen LogP contribution in [0, 0.1) is 11.8 Å². The van der Waals surface area contributed by atoms with Gasteiger partial charge in [-0.15, -0.1) is 0 Å². The van der Waals surface area contributed by atoms with Crippen LogP contribution in [0.4, 0.5) is 5.69 Å². The highest BCUT2D eigenvalue weighted by Crippen LogP contribution is 2.56. The van der Waals surface area contributed by atoms with Gasteiger partial charge in [0.05, 0.1) is 25.0 Å². The first-order valence-corrected chi connectivity index (χ1v) is 9.49. The van der Waals surface area contributed by atoms with E-state index in [9.17, 15) is 14.4 Å². The van der Waals surface area contributed by atoms with Gasteiger partial charge in [-0.3, -0.25) is 9.59 Å². The van der Waals surface area contributed by atoms with Crippen molar-refractivity contribution < 1.29 is 42.8 Å². The van der Waals surface area contributed by atoms with Crippen LogP contribution in [0.25, 0.3) is 0 Å². The highest BCUT2D eigenvalue weighted by molar-refractivity contribution is 5.91. The number of hydrogen-bond donors (Lipinski definition) is 1. The van der Waals surface area contributed by atoms with Crippen LogP contribution in [0.2, 0.25) is 0 Å². The third kappa shape index (κ3) is 3.25. The van der Waals surface area contributed by atoms with E-state index in [1.165, 1.54) is 21.3 Å². The molecule has 0 aliphatic carbocycles. The molecule has 0 spiro atoms. The number of benzene rings is 1. The molecule has 3 aliphatic rings. The number of esters is 2. The summed E-state index contributed by atoms with van der Waals surface area (Å²) in [6.07, 6.45) is -1.99. The fourth-order valence-electron chi connectivity index (χ4n) is 4.40. The molecule has 1 N–H and O–H groups in total. The molecule has 0 saturated carbocycles. The van der Waals surface area contributed by atoms with Crippen molar-refractivity contribution in [3.8, 4) is 0 Å². The van der Waals surface area contributed by atoms with Crippen LogP contribution in [0.15, 0.2) is 24.3 Å². The molecule has 0 unspecified atom stereocenters. The second-order valence-corrected chi connectivity index (χ2v) is 7.36. The second kappa shape index (κ2) is 7.95. The summed E-state index contributed by atoms with van der Waals surface area (Å²) in [5.41, 5.74) is 1.29.